The van der Waals surface area contributed by atoms with Gasteiger partial charge in [0.25, 0.3) is 0 Å². The number of halogens is 2. The molecular formula is C16H14BrFN2O. The maximum Gasteiger partial charge on any atom is 0.247 e. The van der Waals surface area contributed by atoms with Crippen LogP contribution in [-0.2, 0) is 16.8 Å². The molecular weight excluding hydrogens is 335 g/mol. The third-order valence-electron chi connectivity index (χ3n) is 3.94. The van der Waals surface area contributed by atoms with Crippen LogP contribution in [0.3, 0.4) is 0 Å². The van der Waals surface area contributed by atoms with Crippen LogP contribution in [0.2, 0.25) is 0 Å². The third-order valence-corrected chi connectivity index (χ3v) is 4.43. The predicted octanol–water partition coefficient (Wildman–Crippen LogP) is 3.33. The summed E-state index contributed by atoms with van der Waals surface area (Å²) in [5.74, 6) is -0.893. The molecule has 2 aromatic rings. The Morgan fingerprint density at radius 2 is 2.05 bits per heavy atom. The van der Waals surface area contributed by atoms with E-state index in [9.17, 15) is 9.18 Å². The highest BCUT2D eigenvalue weighted by Crippen LogP contribution is 2.41. The summed E-state index contributed by atoms with van der Waals surface area (Å²) in [5, 5.41) is 3.03. The van der Waals surface area contributed by atoms with Crippen molar-refractivity contribution in [1.82, 2.24) is 0 Å². The number of primary amides is 1. The van der Waals surface area contributed by atoms with Crippen molar-refractivity contribution in [2.75, 3.05) is 5.32 Å². The second-order valence-corrected chi connectivity index (χ2v) is 6.09. The first kappa shape index (κ1) is 14.1. The maximum absolute atomic E-state index is 13.9. The van der Waals surface area contributed by atoms with Gasteiger partial charge in [0, 0.05) is 4.47 Å². The minimum atomic E-state index is -1.06. The molecule has 0 spiro atoms. The van der Waals surface area contributed by atoms with E-state index in [1.54, 1.807) is 18.2 Å². The van der Waals surface area contributed by atoms with Crippen molar-refractivity contribution in [3.63, 3.8) is 0 Å². The van der Waals surface area contributed by atoms with Gasteiger partial charge in [0.05, 0.1) is 5.69 Å². The third kappa shape index (κ3) is 2.31. The largest absolute Gasteiger partial charge is 0.367 e. The minimum Gasteiger partial charge on any atom is -0.367 e. The Bertz CT molecular complexity index is 719. The van der Waals surface area contributed by atoms with E-state index in [1.165, 1.54) is 6.07 Å². The number of fused-ring (bicyclic) bond motifs is 1. The lowest BCUT2D eigenvalue weighted by Crippen LogP contribution is -2.46. The number of anilines is 1. The van der Waals surface area contributed by atoms with Crippen LogP contribution in [-0.4, -0.2) is 5.91 Å². The van der Waals surface area contributed by atoms with Crippen molar-refractivity contribution in [3.05, 3.63) is 63.9 Å². The number of hydrogen-bond acceptors (Lipinski definition) is 2. The lowest BCUT2D eigenvalue weighted by Gasteiger charge is -2.29. The molecule has 5 heteroatoms. The Morgan fingerprint density at radius 1 is 1.29 bits per heavy atom. The second-order valence-electron chi connectivity index (χ2n) is 5.18. The summed E-state index contributed by atoms with van der Waals surface area (Å²) in [4.78, 5) is 12.1. The SMILES string of the molecule is NC(=O)C1(Nc2ccccc2F)CCc2cc(Br)ccc21. The van der Waals surface area contributed by atoms with Gasteiger partial charge in [-0.3, -0.25) is 4.79 Å². The molecule has 2 aromatic carbocycles. The summed E-state index contributed by atoms with van der Waals surface area (Å²) < 4.78 is 14.8. The van der Waals surface area contributed by atoms with Gasteiger partial charge in [-0.1, -0.05) is 34.1 Å². The van der Waals surface area contributed by atoms with E-state index >= 15 is 0 Å². The fraction of sp³-hybridized carbons (Fsp3) is 0.188. The first-order chi connectivity index (χ1) is 10.0. The van der Waals surface area contributed by atoms with E-state index in [2.05, 4.69) is 21.2 Å². The van der Waals surface area contributed by atoms with Gasteiger partial charge < -0.3 is 11.1 Å². The fourth-order valence-corrected chi connectivity index (χ4v) is 3.29. The molecule has 1 atom stereocenters. The van der Waals surface area contributed by atoms with Gasteiger partial charge in [0.2, 0.25) is 5.91 Å². The zero-order chi connectivity index (χ0) is 15.0. The molecule has 0 radical (unpaired) electrons. The fourth-order valence-electron chi connectivity index (χ4n) is 2.88. The number of para-hydroxylation sites is 1. The summed E-state index contributed by atoms with van der Waals surface area (Å²) >= 11 is 3.42. The molecule has 0 fully saturated rings. The number of hydrogen-bond donors (Lipinski definition) is 2. The summed E-state index contributed by atoms with van der Waals surface area (Å²) in [7, 11) is 0. The molecule has 3 nitrogen and oxygen atoms in total. The molecule has 1 aliphatic rings. The molecule has 21 heavy (non-hydrogen) atoms. The van der Waals surface area contributed by atoms with Crippen LogP contribution in [0.1, 0.15) is 17.5 Å². The average Bonchev–Trinajstić information content (AvgIpc) is 2.81. The first-order valence-electron chi connectivity index (χ1n) is 6.64. The smallest absolute Gasteiger partial charge is 0.247 e. The molecule has 0 saturated carbocycles. The molecule has 0 bridgehead atoms. The molecule has 1 unspecified atom stereocenters. The van der Waals surface area contributed by atoms with Crippen LogP contribution in [0, 0.1) is 5.82 Å². The predicted molar refractivity (Wildman–Crippen MR) is 83.4 cm³/mol. The maximum atomic E-state index is 13.9. The number of carbonyl (C=O) groups is 1. The highest BCUT2D eigenvalue weighted by atomic mass is 79.9. The van der Waals surface area contributed by atoms with Crippen molar-refractivity contribution in [3.8, 4) is 0 Å². The molecule has 1 aliphatic carbocycles. The molecule has 0 aliphatic heterocycles. The van der Waals surface area contributed by atoms with Crippen LogP contribution in [0.5, 0.6) is 0 Å². The standard InChI is InChI=1S/C16H14BrFN2O/c17-11-5-6-12-10(9-11)7-8-16(12,15(19)21)20-14-4-2-1-3-13(14)18/h1-6,9,20H,7-8H2,(H2,19,21). The monoisotopic (exact) mass is 348 g/mol. The Labute approximate surface area is 130 Å². The highest BCUT2D eigenvalue weighted by molar-refractivity contribution is 9.10. The van der Waals surface area contributed by atoms with E-state index < -0.39 is 17.3 Å². The molecule has 108 valence electrons. The Kier molecular flexibility index (Phi) is 3.45. The van der Waals surface area contributed by atoms with Crippen molar-refractivity contribution in [1.29, 1.82) is 0 Å². The van der Waals surface area contributed by atoms with Gasteiger partial charge in [-0.15, -0.1) is 0 Å². The zero-order valence-corrected chi connectivity index (χ0v) is 12.8. The van der Waals surface area contributed by atoms with E-state index in [1.807, 2.05) is 18.2 Å². The number of nitrogens with one attached hydrogen (secondary N) is 1. The van der Waals surface area contributed by atoms with Crippen molar-refractivity contribution in [2.45, 2.75) is 18.4 Å². The van der Waals surface area contributed by atoms with Gasteiger partial charge in [-0.2, -0.15) is 0 Å². The second kappa shape index (κ2) is 5.15. The Morgan fingerprint density at radius 3 is 2.76 bits per heavy atom. The number of benzene rings is 2. The van der Waals surface area contributed by atoms with E-state index in [-0.39, 0.29) is 5.69 Å². The zero-order valence-electron chi connectivity index (χ0n) is 11.2. The van der Waals surface area contributed by atoms with Gasteiger partial charge in [0.1, 0.15) is 11.4 Å². The van der Waals surface area contributed by atoms with Crippen LogP contribution in [0.25, 0.3) is 0 Å². The molecule has 3 rings (SSSR count). The van der Waals surface area contributed by atoms with Gasteiger partial charge >= 0.3 is 0 Å². The number of carbonyl (C=O) groups excluding carboxylic acids is 1. The molecule has 0 heterocycles. The first-order valence-corrected chi connectivity index (χ1v) is 7.44. The van der Waals surface area contributed by atoms with Crippen LogP contribution >= 0.6 is 15.9 Å². The summed E-state index contributed by atoms with van der Waals surface area (Å²) in [5.41, 5.74) is 6.74. The molecule has 0 saturated heterocycles. The van der Waals surface area contributed by atoms with Gasteiger partial charge in [0.15, 0.2) is 0 Å². The Hall–Kier alpha value is -1.88. The van der Waals surface area contributed by atoms with Crippen molar-refractivity contribution in [2.24, 2.45) is 5.73 Å². The lowest BCUT2D eigenvalue weighted by atomic mass is 9.90. The number of rotatable bonds is 3. The Balaban J connectivity index is 2.08. The van der Waals surface area contributed by atoms with E-state index in [4.69, 9.17) is 5.73 Å². The van der Waals surface area contributed by atoms with Crippen LogP contribution in [0.15, 0.2) is 46.9 Å². The number of amides is 1. The number of aryl methyl sites for hydroxylation is 1. The quantitative estimate of drug-likeness (QED) is 0.893. The van der Waals surface area contributed by atoms with Crippen molar-refractivity contribution < 1.29 is 9.18 Å². The topological polar surface area (TPSA) is 55.1 Å². The molecule has 1 amide bonds. The lowest BCUT2D eigenvalue weighted by molar-refractivity contribution is -0.122. The van der Waals surface area contributed by atoms with Gasteiger partial charge in [-0.05, 0) is 48.2 Å². The summed E-state index contributed by atoms with van der Waals surface area (Å²) in [6.07, 6.45) is 1.24. The van der Waals surface area contributed by atoms with Crippen molar-refractivity contribution >= 4 is 27.5 Å². The summed E-state index contributed by atoms with van der Waals surface area (Å²) in [6.45, 7) is 0. The van der Waals surface area contributed by atoms with E-state index in [0.717, 1.165) is 22.0 Å². The normalized spacial score (nSPS) is 20.1. The summed E-state index contributed by atoms with van der Waals surface area (Å²) in [6, 6.07) is 12.0. The van der Waals surface area contributed by atoms with E-state index in [0.29, 0.717) is 6.42 Å². The van der Waals surface area contributed by atoms with Gasteiger partial charge in [-0.25, -0.2) is 4.39 Å². The highest BCUT2D eigenvalue weighted by Gasteiger charge is 2.44. The number of nitrogens with two attached hydrogens (primary N) is 1. The van der Waals surface area contributed by atoms with Crippen LogP contribution in [0.4, 0.5) is 10.1 Å². The molecule has 0 aromatic heterocycles. The minimum absolute atomic E-state index is 0.284. The molecule has 3 N–H and O–H groups in total. The van der Waals surface area contributed by atoms with Crippen LogP contribution < -0.4 is 11.1 Å². The average molecular weight is 349 g/mol.